The molecule has 1 amide bonds. The lowest BCUT2D eigenvalue weighted by Gasteiger charge is -2.31. The van der Waals surface area contributed by atoms with Crippen molar-refractivity contribution in [1.82, 2.24) is 5.43 Å². The van der Waals surface area contributed by atoms with Crippen molar-refractivity contribution in [3.8, 4) is 5.75 Å². The summed E-state index contributed by atoms with van der Waals surface area (Å²) in [5, 5.41) is 4.40. The molecule has 0 radical (unpaired) electrons. The van der Waals surface area contributed by atoms with Crippen molar-refractivity contribution in [2.45, 2.75) is 26.8 Å². The van der Waals surface area contributed by atoms with Gasteiger partial charge in [-0.05, 0) is 44.0 Å². The van der Waals surface area contributed by atoms with E-state index in [0.29, 0.717) is 5.75 Å². The van der Waals surface area contributed by atoms with Crippen LogP contribution in [0.2, 0.25) is 0 Å². The van der Waals surface area contributed by atoms with Crippen LogP contribution in [-0.2, 0) is 9.53 Å². The third-order valence-electron chi connectivity index (χ3n) is 5.30. The average molecular weight is 397 g/mol. The number of aryl methyl sites for hydroxylation is 2. The number of carbonyl (C=O) groups excluding carboxylic acids is 1. The molecule has 0 spiro atoms. The zero-order valence-electron chi connectivity index (χ0n) is 17.4. The van der Waals surface area contributed by atoms with Crippen LogP contribution < -0.4 is 15.1 Å². The van der Waals surface area contributed by atoms with Crippen molar-refractivity contribution >= 4 is 11.6 Å². The maximum absolute atomic E-state index is 12.2. The number of benzene rings is 2. The van der Waals surface area contributed by atoms with Crippen LogP contribution in [0.1, 0.15) is 29.7 Å². The molecule has 1 heterocycles. The van der Waals surface area contributed by atoms with Gasteiger partial charge in [0.05, 0.1) is 18.9 Å². The lowest BCUT2D eigenvalue weighted by atomic mass is 10.0. The molecule has 2 aromatic carbocycles. The fraction of sp³-hybridized carbons (Fsp3) is 0.391. The van der Waals surface area contributed by atoms with Crippen LogP contribution in [0.3, 0.4) is 0 Å². The smallest absolute Gasteiger partial charge is 0.277 e. The Morgan fingerprint density at radius 1 is 1.14 bits per heavy atom. The summed E-state index contributed by atoms with van der Waals surface area (Å²) in [6.07, 6.45) is 0. The van der Waals surface area contributed by atoms with Gasteiger partial charge in [-0.15, -0.1) is 0 Å². The standard InChI is InChI=1S/C23H29N3O3/c1-17-9-10-21(15-18(17)2)29-16-22(27)25-24-19(3)23(20-7-5-4-6-8-20)26-11-13-28-14-12-26/h4-10,15,23H,11-14,16H2,1-3H3,(H,25,27)/p+1/b24-19-/t23-/m0/s1. The Hall–Kier alpha value is -2.70. The summed E-state index contributed by atoms with van der Waals surface area (Å²) in [6.45, 7) is 9.26. The zero-order chi connectivity index (χ0) is 20.6. The molecule has 2 aromatic rings. The van der Waals surface area contributed by atoms with E-state index in [1.165, 1.54) is 16.0 Å². The van der Waals surface area contributed by atoms with E-state index in [-0.39, 0.29) is 18.6 Å². The van der Waals surface area contributed by atoms with E-state index in [9.17, 15) is 4.79 Å². The summed E-state index contributed by atoms with van der Waals surface area (Å²) >= 11 is 0. The Morgan fingerprint density at radius 3 is 2.55 bits per heavy atom. The Labute approximate surface area is 172 Å². The topological polar surface area (TPSA) is 64.4 Å². The van der Waals surface area contributed by atoms with Crippen LogP contribution in [0.15, 0.2) is 53.6 Å². The van der Waals surface area contributed by atoms with E-state index in [2.05, 4.69) is 22.7 Å². The summed E-state index contributed by atoms with van der Waals surface area (Å²) in [4.78, 5) is 13.6. The molecule has 1 atom stereocenters. The fourth-order valence-corrected chi connectivity index (χ4v) is 3.54. The Bertz CT molecular complexity index is 846. The number of hydrogen-bond acceptors (Lipinski definition) is 4. The molecule has 1 aliphatic rings. The Morgan fingerprint density at radius 2 is 1.86 bits per heavy atom. The van der Waals surface area contributed by atoms with Crippen LogP contribution in [0, 0.1) is 13.8 Å². The maximum Gasteiger partial charge on any atom is 0.277 e. The monoisotopic (exact) mass is 396 g/mol. The Balaban J connectivity index is 1.63. The summed E-state index contributed by atoms with van der Waals surface area (Å²) < 4.78 is 11.1. The van der Waals surface area contributed by atoms with Gasteiger partial charge in [0, 0.05) is 5.56 Å². The summed E-state index contributed by atoms with van der Waals surface area (Å²) in [6, 6.07) is 16.2. The quantitative estimate of drug-likeness (QED) is 0.554. The molecular weight excluding hydrogens is 366 g/mol. The molecule has 154 valence electrons. The minimum absolute atomic E-state index is 0.0697. The molecule has 6 nitrogen and oxygen atoms in total. The van der Waals surface area contributed by atoms with E-state index < -0.39 is 0 Å². The van der Waals surface area contributed by atoms with Crippen molar-refractivity contribution in [3.63, 3.8) is 0 Å². The third-order valence-corrected chi connectivity index (χ3v) is 5.30. The molecule has 6 heteroatoms. The van der Waals surface area contributed by atoms with Crippen molar-refractivity contribution in [1.29, 1.82) is 0 Å². The molecule has 1 fully saturated rings. The highest BCUT2D eigenvalue weighted by atomic mass is 16.5. The van der Waals surface area contributed by atoms with Gasteiger partial charge in [-0.3, -0.25) is 4.79 Å². The molecule has 2 N–H and O–H groups in total. The molecule has 1 saturated heterocycles. The third kappa shape index (κ3) is 5.89. The minimum Gasteiger partial charge on any atom is -0.484 e. The van der Waals surface area contributed by atoms with Crippen molar-refractivity contribution < 1.29 is 19.2 Å². The molecule has 0 aromatic heterocycles. The average Bonchev–Trinajstić information content (AvgIpc) is 2.75. The number of nitrogens with zero attached hydrogens (tertiary/aromatic N) is 1. The van der Waals surface area contributed by atoms with Gasteiger partial charge in [0.15, 0.2) is 12.6 Å². The van der Waals surface area contributed by atoms with E-state index in [0.717, 1.165) is 37.6 Å². The van der Waals surface area contributed by atoms with E-state index in [1.807, 2.05) is 57.2 Å². The lowest BCUT2D eigenvalue weighted by Crippen LogP contribution is -3.15. The number of quaternary nitrogens is 1. The molecular formula is C23H30N3O3+. The first kappa shape index (κ1) is 21.0. The van der Waals surface area contributed by atoms with Gasteiger partial charge in [0.25, 0.3) is 5.91 Å². The highest BCUT2D eigenvalue weighted by Crippen LogP contribution is 2.16. The number of hydrogen-bond donors (Lipinski definition) is 2. The molecule has 0 bridgehead atoms. The molecule has 1 aliphatic heterocycles. The van der Waals surface area contributed by atoms with Gasteiger partial charge in [-0.2, -0.15) is 5.10 Å². The second-order valence-corrected chi connectivity index (χ2v) is 7.44. The number of carbonyl (C=O) groups is 1. The Kier molecular flexibility index (Phi) is 7.38. The van der Waals surface area contributed by atoms with E-state index >= 15 is 0 Å². The molecule has 3 rings (SSSR count). The van der Waals surface area contributed by atoms with Crippen LogP contribution in [-0.4, -0.2) is 44.5 Å². The second-order valence-electron chi connectivity index (χ2n) is 7.44. The second kappa shape index (κ2) is 10.2. The van der Waals surface area contributed by atoms with Crippen LogP contribution in [0.4, 0.5) is 0 Å². The fourth-order valence-electron chi connectivity index (χ4n) is 3.54. The highest BCUT2D eigenvalue weighted by Gasteiger charge is 2.29. The summed E-state index contributed by atoms with van der Waals surface area (Å²) in [5.41, 5.74) is 7.03. The number of nitrogens with one attached hydrogen (secondary N) is 2. The SMILES string of the molecule is C/C(=N/NC(=O)COc1ccc(C)c(C)c1)[C@@H](c1ccccc1)[NH+]1CCOCC1. The first-order valence-corrected chi connectivity index (χ1v) is 10.0. The summed E-state index contributed by atoms with van der Waals surface area (Å²) in [7, 11) is 0. The first-order valence-electron chi connectivity index (χ1n) is 10.0. The van der Waals surface area contributed by atoms with E-state index in [1.54, 1.807) is 0 Å². The lowest BCUT2D eigenvalue weighted by molar-refractivity contribution is -0.928. The molecule has 0 aliphatic carbocycles. The number of morpholine rings is 1. The van der Waals surface area contributed by atoms with Gasteiger partial charge in [-0.25, -0.2) is 5.43 Å². The zero-order valence-corrected chi connectivity index (χ0v) is 17.4. The van der Waals surface area contributed by atoms with Crippen molar-refractivity contribution in [3.05, 3.63) is 65.2 Å². The van der Waals surface area contributed by atoms with Crippen LogP contribution >= 0.6 is 0 Å². The van der Waals surface area contributed by atoms with Gasteiger partial charge < -0.3 is 14.4 Å². The molecule has 0 saturated carbocycles. The number of amides is 1. The largest absolute Gasteiger partial charge is 0.484 e. The minimum atomic E-state index is -0.272. The molecule has 0 unspecified atom stereocenters. The number of ether oxygens (including phenoxy) is 2. The van der Waals surface area contributed by atoms with Gasteiger partial charge in [0.1, 0.15) is 18.8 Å². The van der Waals surface area contributed by atoms with E-state index in [4.69, 9.17) is 9.47 Å². The van der Waals surface area contributed by atoms with Crippen LogP contribution in [0.5, 0.6) is 5.75 Å². The number of hydrazone groups is 1. The number of rotatable bonds is 7. The predicted molar refractivity (Wildman–Crippen MR) is 113 cm³/mol. The normalized spacial score (nSPS) is 16.3. The summed E-state index contributed by atoms with van der Waals surface area (Å²) in [5.74, 6) is 0.412. The van der Waals surface area contributed by atoms with Gasteiger partial charge in [-0.1, -0.05) is 36.4 Å². The van der Waals surface area contributed by atoms with Crippen LogP contribution in [0.25, 0.3) is 0 Å². The maximum atomic E-state index is 12.2. The van der Waals surface area contributed by atoms with Crippen molar-refractivity contribution in [2.24, 2.45) is 5.10 Å². The van der Waals surface area contributed by atoms with Gasteiger partial charge >= 0.3 is 0 Å². The predicted octanol–water partition coefficient (Wildman–Crippen LogP) is 1.83. The van der Waals surface area contributed by atoms with Crippen molar-refractivity contribution in [2.75, 3.05) is 32.9 Å². The highest BCUT2D eigenvalue weighted by molar-refractivity contribution is 5.88. The first-order chi connectivity index (χ1) is 14.0. The molecule has 29 heavy (non-hydrogen) atoms. The van der Waals surface area contributed by atoms with Gasteiger partial charge in [0.2, 0.25) is 0 Å².